The Morgan fingerprint density at radius 1 is 1.05 bits per heavy atom. The van der Waals surface area contributed by atoms with Crippen LogP contribution in [0.25, 0.3) is 16.7 Å². The van der Waals surface area contributed by atoms with Crippen LogP contribution in [0, 0.1) is 13.8 Å². The number of aromatic amines is 1. The van der Waals surface area contributed by atoms with Gasteiger partial charge >= 0.3 is 12.2 Å². The smallest absolute Gasteiger partial charge is 0.346 e. The van der Waals surface area contributed by atoms with Crippen molar-refractivity contribution in [2.45, 2.75) is 26.6 Å². The predicted molar refractivity (Wildman–Crippen MR) is 149 cm³/mol. The number of amides is 3. The van der Waals surface area contributed by atoms with Crippen molar-refractivity contribution in [2.75, 3.05) is 22.2 Å². The molecule has 1 aliphatic heterocycles. The Bertz CT molecular complexity index is 1840. The summed E-state index contributed by atoms with van der Waals surface area (Å²) in [4.78, 5) is 41.7. The monoisotopic (exact) mass is 559 g/mol. The van der Waals surface area contributed by atoms with E-state index in [4.69, 9.17) is 0 Å². The number of carbonyl (C=O) groups excluding carboxylic acids is 2. The molecular formula is C29H24F3N7O2. The molecule has 0 unspecified atom stereocenters. The third-order valence-corrected chi connectivity index (χ3v) is 7.13. The molecule has 208 valence electrons. The number of carbonyl (C=O) groups is 2. The van der Waals surface area contributed by atoms with Crippen molar-refractivity contribution in [2.24, 2.45) is 0 Å². The van der Waals surface area contributed by atoms with Crippen molar-refractivity contribution in [3.8, 4) is 5.69 Å². The Labute approximate surface area is 232 Å². The minimum atomic E-state index is -4.63. The van der Waals surface area contributed by atoms with Gasteiger partial charge in [0.2, 0.25) is 0 Å². The second kappa shape index (κ2) is 9.51. The fraction of sp³-hybridized carbons (Fsp3) is 0.172. The lowest BCUT2D eigenvalue weighted by atomic mass is 10.1. The Balaban J connectivity index is 1.35. The van der Waals surface area contributed by atoms with Crippen molar-refractivity contribution < 1.29 is 22.8 Å². The summed E-state index contributed by atoms with van der Waals surface area (Å²) in [5.41, 5.74) is 3.71. The number of halogens is 3. The maximum atomic E-state index is 13.5. The zero-order valence-electron chi connectivity index (χ0n) is 22.2. The summed E-state index contributed by atoms with van der Waals surface area (Å²) in [6, 6.07) is 9.62. The molecule has 41 heavy (non-hydrogen) atoms. The topological polar surface area (TPSA) is 99.1 Å². The number of hydrogen-bond donors (Lipinski definition) is 2. The molecule has 0 fully saturated rings. The highest BCUT2D eigenvalue weighted by Crippen LogP contribution is 2.37. The van der Waals surface area contributed by atoms with Crippen LogP contribution in [0.15, 0.2) is 67.4 Å². The van der Waals surface area contributed by atoms with Gasteiger partial charge in [0.1, 0.15) is 5.65 Å². The van der Waals surface area contributed by atoms with Gasteiger partial charge < -0.3 is 14.9 Å². The summed E-state index contributed by atoms with van der Waals surface area (Å²) in [6.45, 7) is 3.83. The summed E-state index contributed by atoms with van der Waals surface area (Å²) in [6.07, 6.45) is 1.91. The van der Waals surface area contributed by atoms with E-state index in [9.17, 15) is 22.8 Å². The number of alkyl halides is 3. The molecule has 0 bridgehead atoms. The number of rotatable bonds is 4. The van der Waals surface area contributed by atoms with Crippen molar-refractivity contribution >= 4 is 40.0 Å². The van der Waals surface area contributed by atoms with E-state index in [0.717, 1.165) is 34.3 Å². The van der Waals surface area contributed by atoms with Gasteiger partial charge in [-0.1, -0.05) is 6.07 Å². The molecule has 4 heterocycles. The second-order valence-corrected chi connectivity index (χ2v) is 9.91. The Kier molecular flexibility index (Phi) is 6.05. The molecule has 0 saturated carbocycles. The first-order chi connectivity index (χ1) is 19.5. The number of hydrogen-bond acceptors (Lipinski definition) is 4. The summed E-state index contributed by atoms with van der Waals surface area (Å²) in [5, 5.41) is 3.55. The second-order valence-electron chi connectivity index (χ2n) is 9.91. The zero-order valence-corrected chi connectivity index (χ0v) is 22.2. The minimum absolute atomic E-state index is 0.177. The van der Waals surface area contributed by atoms with Crippen molar-refractivity contribution in [3.63, 3.8) is 0 Å². The summed E-state index contributed by atoms with van der Waals surface area (Å²) in [5.74, 6) is -0.737. The average molecular weight is 560 g/mol. The first-order valence-electron chi connectivity index (χ1n) is 12.7. The minimum Gasteiger partial charge on any atom is -0.346 e. The van der Waals surface area contributed by atoms with Crippen LogP contribution in [-0.2, 0) is 12.7 Å². The summed E-state index contributed by atoms with van der Waals surface area (Å²) in [7, 11) is 1.69. The van der Waals surface area contributed by atoms with Gasteiger partial charge in [-0.3, -0.25) is 14.6 Å². The number of aryl methyl sites for hydroxylation is 2. The van der Waals surface area contributed by atoms with Crippen LogP contribution in [0.1, 0.15) is 32.7 Å². The standard InChI is InChI=1S/C29H24F3N7O2/c1-16-4-6-20(11-24(16)39-14-18-12-34-26-21(8-9-33-26)25(18)37(3)28(39)41)36-27(40)22-10-19(29(30,31)32)5-7-23(22)38-13-17(2)35-15-38/h4-13,15H,14H2,1-3H3,(H,33,34)(H,36,40). The van der Waals surface area contributed by atoms with Gasteiger partial charge in [0.25, 0.3) is 5.91 Å². The highest BCUT2D eigenvalue weighted by Gasteiger charge is 2.33. The average Bonchev–Trinajstić information content (AvgIpc) is 3.59. The molecule has 1 aliphatic rings. The Morgan fingerprint density at radius 3 is 2.59 bits per heavy atom. The molecule has 3 amide bonds. The van der Waals surface area contributed by atoms with Crippen LogP contribution in [0.5, 0.6) is 0 Å². The molecule has 6 rings (SSSR count). The third-order valence-electron chi connectivity index (χ3n) is 7.13. The molecule has 0 atom stereocenters. The zero-order chi connectivity index (χ0) is 29.1. The van der Waals surface area contributed by atoms with E-state index < -0.39 is 17.6 Å². The van der Waals surface area contributed by atoms with E-state index >= 15 is 0 Å². The fourth-order valence-corrected chi connectivity index (χ4v) is 5.10. The molecule has 2 aromatic carbocycles. The van der Waals surface area contributed by atoms with Crippen molar-refractivity contribution in [3.05, 3.63) is 95.3 Å². The van der Waals surface area contributed by atoms with E-state index in [2.05, 4.69) is 20.3 Å². The maximum absolute atomic E-state index is 13.5. The van der Waals surface area contributed by atoms with Gasteiger partial charge in [-0.2, -0.15) is 13.2 Å². The van der Waals surface area contributed by atoms with Crippen LogP contribution < -0.4 is 15.1 Å². The van der Waals surface area contributed by atoms with E-state index in [-0.39, 0.29) is 23.8 Å². The van der Waals surface area contributed by atoms with Crippen LogP contribution in [0.4, 0.5) is 35.0 Å². The largest absolute Gasteiger partial charge is 0.416 e. The van der Waals surface area contributed by atoms with Crippen molar-refractivity contribution in [1.29, 1.82) is 0 Å². The molecule has 0 saturated heterocycles. The fourth-order valence-electron chi connectivity index (χ4n) is 5.10. The Hall–Kier alpha value is -5.13. The number of fused-ring (bicyclic) bond motifs is 3. The lowest BCUT2D eigenvalue weighted by molar-refractivity contribution is -0.137. The lowest BCUT2D eigenvalue weighted by Crippen LogP contribution is -2.45. The number of pyridine rings is 1. The number of benzene rings is 2. The van der Waals surface area contributed by atoms with Gasteiger partial charge in [-0.05, 0) is 55.8 Å². The third kappa shape index (κ3) is 4.56. The molecule has 12 heteroatoms. The van der Waals surface area contributed by atoms with Gasteiger partial charge in [0.05, 0.1) is 46.8 Å². The summed E-state index contributed by atoms with van der Waals surface area (Å²) >= 11 is 0. The number of H-pyrrole nitrogens is 1. The maximum Gasteiger partial charge on any atom is 0.416 e. The van der Waals surface area contributed by atoms with E-state index in [1.807, 2.05) is 13.0 Å². The number of anilines is 3. The van der Waals surface area contributed by atoms with Crippen LogP contribution in [0.2, 0.25) is 0 Å². The number of imidazole rings is 1. The first-order valence-corrected chi connectivity index (χ1v) is 12.7. The lowest BCUT2D eigenvalue weighted by Gasteiger charge is -2.36. The van der Waals surface area contributed by atoms with Crippen LogP contribution in [0.3, 0.4) is 0 Å². The van der Waals surface area contributed by atoms with Crippen LogP contribution in [-0.4, -0.2) is 38.5 Å². The van der Waals surface area contributed by atoms with Crippen molar-refractivity contribution in [1.82, 2.24) is 19.5 Å². The normalized spacial score (nSPS) is 13.6. The molecule has 5 aromatic rings. The highest BCUT2D eigenvalue weighted by molar-refractivity contribution is 6.12. The number of nitrogens with zero attached hydrogens (tertiary/aromatic N) is 5. The van der Waals surface area contributed by atoms with Gasteiger partial charge in [-0.25, -0.2) is 14.8 Å². The SMILES string of the molecule is Cc1cn(-c2ccc(C(F)(F)F)cc2C(=O)Nc2ccc(C)c(N3Cc4cnc5[nH]ccc5c4N(C)C3=O)c2)cn1. The van der Waals surface area contributed by atoms with E-state index in [1.54, 1.807) is 60.6 Å². The van der Waals surface area contributed by atoms with Gasteiger partial charge in [0, 0.05) is 42.3 Å². The highest BCUT2D eigenvalue weighted by atomic mass is 19.4. The molecule has 0 spiro atoms. The van der Waals surface area contributed by atoms with Gasteiger partial charge in [-0.15, -0.1) is 0 Å². The molecule has 0 radical (unpaired) electrons. The molecule has 9 nitrogen and oxygen atoms in total. The quantitative estimate of drug-likeness (QED) is 0.273. The summed E-state index contributed by atoms with van der Waals surface area (Å²) < 4.78 is 42.1. The predicted octanol–water partition coefficient (Wildman–Crippen LogP) is 6.21. The Morgan fingerprint density at radius 2 is 1.85 bits per heavy atom. The number of aromatic nitrogens is 4. The number of nitrogens with one attached hydrogen (secondary N) is 2. The van der Waals surface area contributed by atoms with Gasteiger partial charge in [0.15, 0.2) is 0 Å². The molecule has 0 aliphatic carbocycles. The van der Waals surface area contributed by atoms with Crippen LogP contribution >= 0.6 is 0 Å². The van der Waals surface area contributed by atoms with E-state index in [1.165, 1.54) is 17.0 Å². The molecule has 2 N–H and O–H groups in total. The first kappa shape index (κ1) is 26.1. The van der Waals surface area contributed by atoms with E-state index in [0.29, 0.717) is 22.7 Å². The molecule has 3 aromatic heterocycles. The number of urea groups is 1. The molecular weight excluding hydrogens is 535 g/mol.